The molecule has 0 aliphatic rings. The molecule has 0 fully saturated rings. The predicted octanol–water partition coefficient (Wildman–Crippen LogP) is 4.77. The Bertz CT molecular complexity index is 613. The molecule has 110 valence electrons. The quantitative estimate of drug-likeness (QED) is 0.781. The van der Waals surface area contributed by atoms with Crippen molar-refractivity contribution in [3.05, 3.63) is 59.1 Å². The Kier molecular flexibility index (Phi) is 5.64. The van der Waals surface area contributed by atoms with Crippen LogP contribution in [0.4, 0.5) is 5.69 Å². The smallest absolute Gasteiger partial charge is 0.259 e. The number of halogens is 1. The SMILES string of the molecule is CCCCOc1ccccc1C(=O)Nc1cccc(Cl)c1. The molecule has 0 unspecified atom stereocenters. The minimum absolute atomic E-state index is 0.204. The van der Waals surface area contributed by atoms with Crippen LogP contribution in [0.15, 0.2) is 48.5 Å². The molecule has 0 aliphatic heterocycles. The topological polar surface area (TPSA) is 38.3 Å². The van der Waals surface area contributed by atoms with Gasteiger partial charge in [-0.15, -0.1) is 0 Å². The maximum atomic E-state index is 12.3. The molecule has 4 heteroatoms. The number of para-hydroxylation sites is 1. The van der Waals surface area contributed by atoms with Crippen LogP contribution in [0.2, 0.25) is 5.02 Å². The summed E-state index contributed by atoms with van der Waals surface area (Å²) in [6.07, 6.45) is 2.02. The number of unbranched alkanes of at least 4 members (excludes halogenated alkanes) is 1. The highest BCUT2D eigenvalue weighted by Crippen LogP contribution is 2.21. The van der Waals surface area contributed by atoms with Crippen LogP contribution in [0.5, 0.6) is 5.75 Å². The Morgan fingerprint density at radius 3 is 2.76 bits per heavy atom. The summed E-state index contributed by atoms with van der Waals surface area (Å²) in [5.74, 6) is 0.398. The molecule has 0 saturated carbocycles. The van der Waals surface area contributed by atoms with E-state index in [0.717, 1.165) is 12.8 Å². The monoisotopic (exact) mass is 303 g/mol. The van der Waals surface area contributed by atoms with Crippen molar-refractivity contribution < 1.29 is 9.53 Å². The lowest BCUT2D eigenvalue weighted by atomic mass is 10.2. The van der Waals surface area contributed by atoms with E-state index in [1.165, 1.54) is 0 Å². The lowest BCUT2D eigenvalue weighted by molar-refractivity contribution is 0.102. The van der Waals surface area contributed by atoms with Gasteiger partial charge >= 0.3 is 0 Å². The summed E-state index contributed by atoms with van der Waals surface area (Å²) in [4.78, 5) is 12.3. The molecule has 2 rings (SSSR count). The lowest BCUT2D eigenvalue weighted by Gasteiger charge is -2.11. The zero-order chi connectivity index (χ0) is 15.1. The third kappa shape index (κ3) is 4.50. The van der Waals surface area contributed by atoms with Crippen LogP contribution in [-0.2, 0) is 0 Å². The fourth-order valence-electron chi connectivity index (χ4n) is 1.87. The molecule has 0 bridgehead atoms. The highest BCUT2D eigenvalue weighted by molar-refractivity contribution is 6.31. The van der Waals surface area contributed by atoms with Gasteiger partial charge in [-0.3, -0.25) is 4.79 Å². The zero-order valence-corrected chi connectivity index (χ0v) is 12.7. The number of hydrogen-bond donors (Lipinski definition) is 1. The second-order valence-corrected chi connectivity index (χ2v) is 5.10. The summed E-state index contributed by atoms with van der Waals surface area (Å²) >= 11 is 5.91. The van der Waals surface area contributed by atoms with Crippen molar-refractivity contribution in [2.24, 2.45) is 0 Å². The maximum absolute atomic E-state index is 12.3. The number of amides is 1. The fraction of sp³-hybridized carbons (Fsp3) is 0.235. The maximum Gasteiger partial charge on any atom is 0.259 e. The van der Waals surface area contributed by atoms with Gasteiger partial charge in [0.2, 0.25) is 0 Å². The van der Waals surface area contributed by atoms with E-state index in [-0.39, 0.29) is 5.91 Å². The van der Waals surface area contributed by atoms with Gasteiger partial charge in [-0.2, -0.15) is 0 Å². The standard InChI is InChI=1S/C17H18ClNO2/c1-2-3-11-21-16-10-5-4-9-15(16)17(20)19-14-8-6-7-13(18)12-14/h4-10,12H,2-3,11H2,1H3,(H,19,20). The molecule has 1 N–H and O–H groups in total. The van der Waals surface area contributed by atoms with Crippen molar-refractivity contribution in [3.8, 4) is 5.75 Å². The van der Waals surface area contributed by atoms with E-state index in [1.54, 1.807) is 30.3 Å². The van der Waals surface area contributed by atoms with Crippen molar-refractivity contribution in [1.29, 1.82) is 0 Å². The number of anilines is 1. The molecule has 0 spiro atoms. The van der Waals surface area contributed by atoms with Gasteiger partial charge in [-0.05, 0) is 36.8 Å². The van der Waals surface area contributed by atoms with Gasteiger partial charge in [-0.1, -0.05) is 43.1 Å². The number of rotatable bonds is 6. The molecule has 0 aromatic heterocycles. The summed E-state index contributed by atoms with van der Waals surface area (Å²) in [7, 11) is 0. The molecular weight excluding hydrogens is 286 g/mol. The van der Waals surface area contributed by atoms with Crippen LogP contribution in [0, 0.1) is 0 Å². The number of ether oxygens (including phenoxy) is 1. The summed E-state index contributed by atoms with van der Waals surface area (Å²) in [6.45, 7) is 2.71. The van der Waals surface area contributed by atoms with Crippen molar-refractivity contribution in [2.75, 3.05) is 11.9 Å². The number of benzene rings is 2. The molecule has 1 amide bonds. The predicted molar refractivity (Wildman–Crippen MR) is 86.3 cm³/mol. The van der Waals surface area contributed by atoms with Crippen LogP contribution >= 0.6 is 11.6 Å². The molecule has 21 heavy (non-hydrogen) atoms. The molecule has 2 aromatic carbocycles. The first-order valence-corrected chi connectivity index (χ1v) is 7.37. The van der Waals surface area contributed by atoms with Gasteiger partial charge < -0.3 is 10.1 Å². The first-order valence-electron chi connectivity index (χ1n) is 6.99. The van der Waals surface area contributed by atoms with Gasteiger partial charge in [0, 0.05) is 10.7 Å². The number of carbonyl (C=O) groups excluding carboxylic acids is 1. The molecule has 0 aliphatic carbocycles. The van der Waals surface area contributed by atoms with Crippen LogP contribution < -0.4 is 10.1 Å². The van der Waals surface area contributed by atoms with E-state index in [9.17, 15) is 4.79 Å². The van der Waals surface area contributed by atoms with Crippen molar-refractivity contribution in [1.82, 2.24) is 0 Å². The average Bonchev–Trinajstić information content (AvgIpc) is 2.48. The van der Waals surface area contributed by atoms with Gasteiger partial charge in [0.25, 0.3) is 5.91 Å². The molecule has 0 radical (unpaired) electrons. The summed E-state index contributed by atoms with van der Waals surface area (Å²) in [6, 6.07) is 14.3. The molecule has 0 heterocycles. The van der Waals surface area contributed by atoms with E-state index in [2.05, 4.69) is 12.2 Å². The molecular formula is C17H18ClNO2. The van der Waals surface area contributed by atoms with E-state index >= 15 is 0 Å². The third-order valence-corrected chi connectivity index (χ3v) is 3.20. The Morgan fingerprint density at radius 2 is 2.00 bits per heavy atom. The van der Waals surface area contributed by atoms with E-state index in [1.807, 2.05) is 18.2 Å². The zero-order valence-electron chi connectivity index (χ0n) is 11.9. The fourth-order valence-corrected chi connectivity index (χ4v) is 2.06. The Morgan fingerprint density at radius 1 is 1.19 bits per heavy atom. The van der Waals surface area contributed by atoms with Crippen molar-refractivity contribution >= 4 is 23.2 Å². The van der Waals surface area contributed by atoms with Gasteiger partial charge in [0.05, 0.1) is 12.2 Å². The van der Waals surface area contributed by atoms with Crippen molar-refractivity contribution in [2.45, 2.75) is 19.8 Å². The van der Waals surface area contributed by atoms with Crippen LogP contribution in [-0.4, -0.2) is 12.5 Å². The summed E-state index contributed by atoms with van der Waals surface area (Å²) < 4.78 is 5.67. The lowest BCUT2D eigenvalue weighted by Crippen LogP contribution is -2.13. The Hall–Kier alpha value is -2.00. The summed E-state index contributed by atoms with van der Waals surface area (Å²) in [5, 5.41) is 3.41. The largest absolute Gasteiger partial charge is 0.493 e. The first-order chi connectivity index (χ1) is 10.2. The van der Waals surface area contributed by atoms with E-state index < -0.39 is 0 Å². The van der Waals surface area contributed by atoms with Crippen LogP contribution in [0.3, 0.4) is 0 Å². The van der Waals surface area contributed by atoms with E-state index in [0.29, 0.717) is 28.6 Å². The van der Waals surface area contributed by atoms with Crippen LogP contribution in [0.1, 0.15) is 30.1 Å². The highest BCUT2D eigenvalue weighted by Gasteiger charge is 2.12. The third-order valence-electron chi connectivity index (χ3n) is 2.97. The second-order valence-electron chi connectivity index (χ2n) is 4.66. The van der Waals surface area contributed by atoms with Gasteiger partial charge in [0.1, 0.15) is 5.75 Å². The normalized spacial score (nSPS) is 10.2. The average molecular weight is 304 g/mol. The number of nitrogens with one attached hydrogen (secondary N) is 1. The molecule has 0 atom stereocenters. The van der Waals surface area contributed by atoms with Gasteiger partial charge in [-0.25, -0.2) is 0 Å². The highest BCUT2D eigenvalue weighted by atomic mass is 35.5. The minimum Gasteiger partial charge on any atom is -0.493 e. The Balaban J connectivity index is 2.11. The molecule has 3 nitrogen and oxygen atoms in total. The summed E-state index contributed by atoms with van der Waals surface area (Å²) in [5.41, 5.74) is 1.18. The Labute approximate surface area is 129 Å². The first kappa shape index (κ1) is 15.4. The molecule has 0 saturated heterocycles. The van der Waals surface area contributed by atoms with Crippen LogP contribution in [0.25, 0.3) is 0 Å². The molecule has 2 aromatic rings. The van der Waals surface area contributed by atoms with Crippen molar-refractivity contribution in [3.63, 3.8) is 0 Å². The van der Waals surface area contributed by atoms with E-state index in [4.69, 9.17) is 16.3 Å². The van der Waals surface area contributed by atoms with Gasteiger partial charge in [0.15, 0.2) is 0 Å². The number of hydrogen-bond acceptors (Lipinski definition) is 2. The second kappa shape index (κ2) is 7.70. The minimum atomic E-state index is -0.204. The number of carbonyl (C=O) groups is 1.